The second-order valence-electron chi connectivity index (χ2n) is 7.07. The highest BCUT2D eigenvalue weighted by Gasteiger charge is 2.41. The molecule has 0 saturated heterocycles. The zero-order valence-electron chi connectivity index (χ0n) is 13.0. The van der Waals surface area contributed by atoms with Crippen LogP contribution in [0.2, 0.25) is 0 Å². The highest BCUT2D eigenvalue weighted by atomic mass is 16.3. The van der Waals surface area contributed by atoms with Crippen molar-refractivity contribution in [3.63, 3.8) is 0 Å². The first-order valence-corrected chi connectivity index (χ1v) is 8.21. The van der Waals surface area contributed by atoms with Crippen LogP contribution in [0.15, 0.2) is 0 Å². The normalized spacial score (nSPS) is 31.6. The van der Waals surface area contributed by atoms with Crippen LogP contribution in [0.3, 0.4) is 0 Å². The van der Waals surface area contributed by atoms with Gasteiger partial charge in [-0.15, -0.1) is 0 Å². The van der Waals surface area contributed by atoms with Gasteiger partial charge in [-0.3, -0.25) is 0 Å². The Balaban J connectivity index is 1.92. The molecule has 112 valence electrons. The molecular weight excluding hydrogens is 236 g/mol. The average Bonchev–Trinajstić information content (AvgIpc) is 3.08. The third kappa shape index (κ3) is 4.17. The van der Waals surface area contributed by atoms with Crippen molar-refractivity contribution in [3.05, 3.63) is 0 Å². The van der Waals surface area contributed by atoms with E-state index in [1.165, 1.54) is 38.8 Å². The van der Waals surface area contributed by atoms with E-state index in [9.17, 15) is 5.11 Å². The first-order chi connectivity index (χ1) is 9.08. The van der Waals surface area contributed by atoms with Gasteiger partial charge in [0.05, 0.1) is 6.61 Å². The van der Waals surface area contributed by atoms with E-state index in [-0.39, 0.29) is 12.1 Å². The van der Waals surface area contributed by atoms with E-state index in [4.69, 9.17) is 0 Å². The molecule has 2 saturated carbocycles. The zero-order chi connectivity index (χ0) is 13.9. The Morgan fingerprint density at radius 2 is 2.05 bits per heavy atom. The topological polar surface area (TPSA) is 35.5 Å². The van der Waals surface area contributed by atoms with Crippen LogP contribution in [0.5, 0.6) is 0 Å². The van der Waals surface area contributed by atoms with Gasteiger partial charge in [0.1, 0.15) is 0 Å². The molecule has 3 heteroatoms. The van der Waals surface area contributed by atoms with Crippen LogP contribution in [0.1, 0.15) is 59.3 Å². The molecule has 2 rings (SSSR count). The van der Waals surface area contributed by atoms with E-state index < -0.39 is 0 Å². The van der Waals surface area contributed by atoms with Gasteiger partial charge in [-0.1, -0.05) is 20.8 Å². The van der Waals surface area contributed by atoms with Gasteiger partial charge in [-0.2, -0.15) is 0 Å². The molecule has 2 aliphatic carbocycles. The number of aliphatic hydroxyl groups excluding tert-OH is 1. The van der Waals surface area contributed by atoms with E-state index in [1.807, 2.05) is 0 Å². The molecule has 0 amide bonds. The number of aliphatic hydroxyl groups is 1. The predicted octanol–water partition coefficient (Wildman–Crippen LogP) is 2.39. The van der Waals surface area contributed by atoms with Crippen molar-refractivity contribution in [1.29, 1.82) is 0 Å². The minimum atomic E-state index is -0.0195. The molecule has 0 bridgehead atoms. The van der Waals surface area contributed by atoms with Gasteiger partial charge in [-0.25, -0.2) is 0 Å². The van der Waals surface area contributed by atoms with Crippen LogP contribution in [-0.2, 0) is 0 Å². The molecule has 0 aromatic rings. The largest absolute Gasteiger partial charge is 0.394 e. The maximum absolute atomic E-state index is 9.81. The van der Waals surface area contributed by atoms with Crippen molar-refractivity contribution < 1.29 is 5.11 Å². The summed E-state index contributed by atoms with van der Waals surface area (Å²) >= 11 is 0. The molecular formula is C16H32N2O. The van der Waals surface area contributed by atoms with Crippen molar-refractivity contribution in [2.75, 3.05) is 19.7 Å². The summed E-state index contributed by atoms with van der Waals surface area (Å²) in [6.07, 6.45) is 7.59. The molecule has 3 nitrogen and oxygen atoms in total. The third-order valence-electron chi connectivity index (χ3n) is 4.70. The number of nitrogens with one attached hydrogen (secondary N) is 1. The molecule has 0 spiro atoms. The number of rotatable bonds is 8. The Morgan fingerprint density at radius 1 is 1.32 bits per heavy atom. The van der Waals surface area contributed by atoms with E-state index in [0.717, 1.165) is 18.8 Å². The summed E-state index contributed by atoms with van der Waals surface area (Å²) in [6.45, 7) is 9.44. The fourth-order valence-corrected chi connectivity index (χ4v) is 3.68. The SMILES string of the molecule is CCCN(CC1CC1)C1CCC(CO)(NC(C)C)C1. The summed E-state index contributed by atoms with van der Waals surface area (Å²) in [4.78, 5) is 2.71. The standard InChI is InChI=1S/C16H32N2O/c1-4-9-18(11-14-5-6-14)15-7-8-16(10-15,12-19)17-13(2)3/h13-15,17,19H,4-12H2,1-3H3. The van der Waals surface area contributed by atoms with Crippen LogP contribution in [-0.4, -0.2) is 47.3 Å². The van der Waals surface area contributed by atoms with Crippen molar-refractivity contribution in [2.24, 2.45) is 5.92 Å². The van der Waals surface area contributed by atoms with Gasteiger partial charge in [0.25, 0.3) is 0 Å². The Labute approximate surface area is 118 Å². The number of nitrogens with zero attached hydrogens (tertiary/aromatic N) is 1. The Kier molecular flexibility index (Phi) is 5.27. The smallest absolute Gasteiger partial charge is 0.0614 e. The van der Waals surface area contributed by atoms with Gasteiger partial charge in [0.2, 0.25) is 0 Å². The molecule has 19 heavy (non-hydrogen) atoms. The molecule has 2 N–H and O–H groups in total. The lowest BCUT2D eigenvalue weighted by Crippen LogP contribution is -2.51. The van der Waals surface area contributed by atoms with E-state index in [1.54, 1.807) is 0 Å². The van der Waals surface area contributed by atoms with Gasteiger partial charge in [0, 0.05) is 24.2 Å². The first kappa shape index (κ1) is 15.3. The molecule has 0 aromatic heterocycles. The summed E-state index contributed by atoms with van der Waals surface area (Å²) in [7, 11) is 0. The molecule has 0 radical (unpaired) electrons. The predicted molar refractivity (Wildman–Crippen MR) is 80.3 cm³/mol. The van der Waals surface area contributed by atoms with Crippen molar-refractivity contribution in [3.8, 4) is 0 Å². The second kappa shape index (κ2) is 6.55. The Hall–Kier alpha value is -0.120. The fourth-order valence-electron chi connectivity index (χ4n) is 3.68. The fraction of sp³-hybridized carbons (Fsp3) is 1.00. The number of hydrogen-bond donors (Lipinski definition) is 2. The lowest BCUT2D eigenvalue weighted by Gasteiger charge is -2.34. The lowest BCUT2D eigenvalue weighted by atomic mass is 9.97. The maximum Gasteiger partial charge on any atom is 0.0614 e. The minimum Gasteiger partial charge on any atom is -0.394 e. The molecule has 2 aliphatic rings. The van der Waals surface area contributed by atoms with Crippen LogP contribution < -0.4 is 5.32 Å². The zero-order valence-corrected chi connectivity index (χ0v) is 13.0. The maximum atomic E-state index is 9.81. The van der Waals surface area contributed by atoms with E-state index >= 15 is 0 Å². The van der Waals surface area contributed by atoms with E-state index in [2.05, 4.69) is 31.0 Å². The molecule has 2 fully saturated rings. The third-order valence-corrected chi connectivity index (χ3v) is 4.70. The first-order valence-electron chi connectivity index (χ1n) is 8.21. The number of hydrogen-bond acceptors (Lipinski definition) is 3. The average molecular weight is 268 g/mol. The summed E-state index contributed by atoms with van der Waals surface area (Å²) in [5.41, 5.74) is -0.0195. The molecule has 2 unspecified atom stereocenters. The summed E-state index contributed by atoms with van der Waals surface area (Å²) in [6, 6.07) is 1.13. The summed E-state index contributed by atoms with van der Waals surface area (Å²) in [5.74, 6) is 0.966. The van der Waals surface area contributed by atoms with Crippen LogP contribution in [0.25, 0.3) is 0 Å². The van der Waals surface area contributed by atoms with Gasteiger partial charge >= 0.3 is 0 Å². The van der Waals surface area contributed by atoms with Crippen LogP contribution in [0, 0.1) is 5.92 Å². The van der Waals surface area contributed by atoms with E-state index in [0.29, 0.717) is 12.1 Å². The summed E-state index contributed by atoms with van der Waals surface area (Å²) < 4.78 is 0. The van der Waals surface area contributed by atoms with Crippen LogP contribution >= 0.6 is 0 Å². The minimum absolute atomic E-state index is 0.0195. The molecule has 0 heterocycles. The highest BCUT2D eigenvalue weighted by molar-refractivity contribution is 5.00. The van der Waals surface area contributed by atoms with Gasteiger partial charge in [-0.05, 0) is 51.0 Å². The van der Waals surface area contributed by atoms with Crippen molar-refractivity contribution >= 4 is 0 Å². The van der Waals surface area contributed by atoms with Crippen LogP contribution in [0.4, 0.5) is 0 Å². The van der Waals surface area contributed by atoms with Crippen molar-refractivity contribution in [1.82, 2.24) is 10.2 Å². The Morgan fingerprint density at radius 3 is 2.58 bits per heavy atom. The lowest BCUT2D eigenvalue weighted by molar-refractivity contribution is 0.133. The molecule has 0 aromatic carbocycles. The molecule has 0 aliphatic heterocycles. The molecule has 2 atom stereocenters. The Bertz CT molecular complexity index is 278. The quantitative estimate of drug-likeness (QED) is 0.709. The van der Waals surface area contributed by atoms with Gasteiger partial charge in [0.15, 0.2) is 0 Å². The monoisotopic (exact) mass is 268 g/mol. The van der Waals surface area contributed by atoms with Gasteiger partial charge < -0.3 is 15.3 Å². The van der Waals surface area contributed by atoms with Crippen molar-refractivity contribution in [2.45, 2.75) is 76.9 Å². The summed E-state index contributed by atoms with van der Waals surface area (Å²) in [5, 5.41) is 13.4. The second-order valence-corrected chi connectivity index (χ2v) is 7.07. The highest BCUT2D eigenvalue weighted by Crippen LogP contribution is 2.36.